The van der Waals surface area contributed by atoms with Crippen molar-refractivity contribution < 1.29 is 14.3 Å². The van der Waals surface area contributed by atoms with Gasteiger partial charge in [-0.15, -0.1) is 11.3 Å². The van der Waals surface area contributed by atoms with E-state index >= 15 is 0 Å². The number of rotatable bonds is 5. The average molecular weight is 414 g/mol. The molecule has 6 nitrogen and oxygen atoms in total. The largest absolute Gasteiger partial charge is 0.497 e. The zero-order valence-electron chi connectivity index (χ0n) is 17.3. The Bertz CT molecular complexity index is 1020. The summed E-state index contributed by atoms with van der Waals surface area (Å²) in [6, 6.07) is 5.67. The lowest BCUT2D eigenvalue weighted by Gasteiger charge is -2.35. The number of benzene rings is 1. The number of likely N-dealkylation sites (tertiary alicyclic amines) is 1. The topological polar surface area (TPSA) is 56.1 Å². The number of piperidine rings is 1. The molecule has 2 atom stereocenters. The van der Waals surface area contributed by atoms with E-state index in [1.54, 1.807) is 25.6 Å². The number of fused-ring (bicyclic) bond motifs is 1. The molecule has 3 aromatic rings. The first-order valence-corrected chi connectivity index (χ1v) is 10.8. The van der Waals surface area contributed by atoms with Gasteiger partial charge < -0.3 is 14.4 Å². The van der Waals surface area contributed by atoms with Crippen molar-refractivity contribution in [2.45, 2.75) is 26.7 Å². The zero-order valence-corrected chi connectivity index (χ0v) is 18.2. The van der Waals surface area contributed by atoms with Crippen LogP contribution in [0.1, 0.15) is 26.0 Å². The highest BCUT2D eigenvalue weighted by atomic mass is 32.1. The Hall–Kier alpha value is -2.54. The minimum Gasteiger partial charge on any atom is -0.497 e. The van der Waals surface area contributed by atoms with Crippen LogP contribution < -0.4 is 9.47 Å². The second-order valence-corrected chi connectivity index (χ2v) is 8.83. The quantitative estimate of drug-likeness (QED) is 0.631. The van der Waals surface area contributed by atoms with Gasteiger partial charge in [0.15, 0.2) is 4.96 Å². The molecule has 0 N–H and O–H groups in total. The van der Waals surface area contributed by atoms with Gasteiger partial charge in [-0.3, -0.25) is 9.20 Å². The van der Waals surface area contributed by atoms with Gasteiger partial charge >= 0.3 is 0 Å². The molecular formula is C22H27N3O3S. The van der Waals surface area contributed by atoms with Gasteiger partial charge in [0, 0.05) is 35.9 Å². The molecule has 0 saturated carbocycles. The Kier molecular flexibility index (Phi) is 5.50. The number of aromatic nitrogens is 2. The molecule has 154 valence electrons. The lowest BCUT2D eigenvalue weighted by molar-refractivity contribution is -0.133. The van der Waals surface area contributed by atoms with Gasteiger partial charge in [-0.1, -0.05) is 13.8 Å². The molecule has 2 unspecified atom stereocenters. The van der Waals surface area contributed by atoms with Gasteiger partial charge in [0.25, 0.3) is 0 Å². The molecule has 29 heavy (non-hydrogen) atoms. The van der Waals surface area contributed by atoms with E-state index in [9.17, 15) is 4.79 Å². The smallest absolute Gasteiger partial charge is 0.228 e. The maximum Gasteiger partial charge on any atom is 0.228 e. The summed E-state index contributed by atoms with van der Waals surface area (Å²) in [5.41, 5.74) is 2.65. The summed E-state index contributed by atoms with van der Waals surface area (Å²) < 4.78 is 12.9. The third-order valence-electron chi connectivity index (χ3n) is 5.52. The molecule has 0 spiro atoms. The zero-order chi connectivity index (χ0) is 20.5. The van der Waals surface area contributed by atoms with Crippen LogP contribution in [0.25, 0.3) is 16.2 Å². The fourth-order valence-electron chi connectivity index (χ4n) is 4.23. The molecule has 1 aliphatic heterocycles. The molecule has 7 heteroatoms. The number of carbonyl (C=O) groups is 1. The van der Waals surface area contributed by atoms with E-state index < -0.39 is 0 Å². The summed E-state index contributed by atoms with van der Waals surface area (Å²) in [5, 5.41) is 2.03. The van der Waals surface area contributed by atoms with Crippen molar-refractivity contribution in [3.63, 3.8) is 0 Å². The first-order chi connectivity index (χ1) is 14.0. The number of nitrogens with zero attached hydrogens (tertiary/aromatic N) is 3. The van der Waals surface area contributed by atoms with E-state index in [0.29, 0.717) is 18.3 Å². The second kappa shape index (κ2) is 8.06. The monoisotopic (exact) mass is 413 g/mol. The van der Waals surface area contributed by atoms with E-state index in [4.69, 9.17) is 14.5 Å². The van der Waals surface area contributed by atoms with Crippen LogP contribution in [0.5, 0.6) is 11.5 Å². The van der Waals surface area contributed by atoms with Crippen molar-refractivity contribution in [1.82, 2.24) is 14.3 Å². The van der Waals surface area contributed by atoms with Crippen molar-refractivity contribution in [2.75, 3.05) is 27.3 Å². The van der Waals surface area contributed by atoms with Crippen molar-refractivity contribution in [1.29, 1.82) is 0 Å². The average Bonchev–Trinajstić information content (AvgIpc) is 3.28. The normalized spacial score (nSPS) is 19.5. The highest BCUT2D eigenvalue weighted by Gasteiger charge is 2.26. The molecule has 1 fully saturated rings. The molecule has 2 aromatic heterocycles. The Labute approximate surface area is 175 Å². The minimum absolute atomic E-state index is 0.192. The summed E-state index contributed by atoms with van der Waals surface area (Å²) in [5.74, 6) is 2.81. The minimum atomic E-state index is 0.192. The summed E-state index contributed by atoms with van der Waals surface area (Å²) in [6.07, 6.45) is 3.57. The lowest BCUT2D eigenvalue weighted by Crippen LogP contribution is -2.43. The molecule has 3 heterocycles. The molecule has 0 aliphatic carbocycles. The molecule has 1 aromatic carbocycles. The first-order valence-electron chi connectivity index (χ1n) is 9.94. The predicted octanol–water partition coefficient (Wildman–Crippen LogP) is 4.13. The maximum atomic E-state index is 12.9. The third kappa shape index (κ3) is 3.96. The van der Waals surface area contributed by atoms with Crippen LogP contribution in [0.15, 0.2) is 29.8 Å². The highest BCUT2D eigenvalue weighted by Crippen LogP contribution is 2.34. The van der Waals surface area contributed by atoms with Crippen molar-refractivity contribution >= 4 is 22.2 Å². The fraction of sp³-hybridized carbons (Fsp3) is 0.455. The Balaban J connectivity index is 1.61. The Morgan fingerprint density at radius 2 is 1.97 bits per heavy atom. The van der Waals surface area contributed by atoms with Gasteiger partial charge in [-0.2, -0.15) is 0 Å². The standard InChI is InChI=1S/C22H27N3O3S/c1-14-7-15(2)11-24(10-14)21(26)8-16-13-29-22-23-19(12-25(16)22)18-9-17(27-3)5-6-20(18)28-4/h5-6,9,12-15H,7-8,10-11H2,1-4H3. The number of ether oxygens (including phenoxy) is 2. The molecule has 0 radical (unpaired) electrons. The number of amides is 1. The summed E-state index contributed by atoms with van der Waals surface area (Å²) >= 11 is 1.55. The van der Waals surface area contributed by atoms with Gasteiger partial charge in [0.1, 0.15) is 11.5 Å². The SMILES string of the molecule is COc1ccc(OC)c(-c2cn3c(CC(=O)N4CC(C)CC(C)C4)csc3n2)c1. The number of hydrogen-bond acceptors (Lipinski definition) is 5. The lowest BCUT2D eigenvalue weighted by atomic mass is 9.91. The van der Waals surface area contributed by atoms with Crippen LogP contribution in [0, 0.1) is 11.8 Å². The Morgan fingerprint density at radius 3 is 2.66 bits per heavy atom. The van der Waals surface area contributed by atoms with Crippen LogP contribution in [0.2, 0.25) is 0 Å². The van der Waals surface area contributed by atoms with Crippen LogP contribution in [-0.2, 0) is 11.2 Å². The van der Waals surface area contributed by atoms with E-state index in [2.05, 4.69) is 13.8 Å². The molecule has 1 aliphatic rings. The highest BCUT2D eigenvalue weighted by molar-refractivity contribution is 7.15. The van der Waals surface area contributed by atoms with Crippen molar-refractivity contribution in [3.05, 3.63) is 35.5 Å². The number of methoxy groups -OCH3 is 2. The van der Waals surface area contributed by atoms with Crippen LogP contribution in [-0.4, -0.2) is 47.5 Å². The predicted molar refractivity (Wildman–Crippen MR) is 115 cm³/mol. The van der Waals surface area contributed by atoms with Crippen molar-refractivity contribution in [2.24, 2.45) is 11.8 Å². The van der Waals surface area contributed by atoms with Crippen molar-refractivity contribution in [3.8, 4) is 22.8 Å². The van der Waals surface area contributed by atoms with Gasteiger partial charge in [-0.25, -0.2) is 4.98 Å². The number of carbonyl (C=O) groups excluding carboxylic acids is 1. The number of imidazole rings is 1. The second-order valence-electron chi connectivity index (χ2n) is 7.99. The molecule has 1 saturated heterocycles. The van der Waals surface area contributed by atoms with Gasteiger partial charge in [0.2, 0.25) is 5.91 Å². The molecule has 0 bridgehead atoms. The van der Waals surface area contributed by atoms with E-state index in [-0.39, 0.29) is 5.91 Å². The van der Waals surface area contributed by atoms with Gasteiger partial charge in [-0.05, 0) is 36.5 Å². The summed E-state index contributed by atoms with van der Waals surface area (Å²) in [6.45, 7) is 6.16. The van der Waals surface area contributed by atoms with E-state index in [1.165, 1.54) is 6.42 Å². The van der Waals surface area contributed by atoms with E-state index in [0.717, 1.165) is 46.5 Å². The maximum absolute atomic E-state index is 12.9. The van der Waals surface area contributed by atoms with E-state index in [1.807, 2.05) is 39.1 Å². The van der Waals surface area contributed by atoms with Crippen LogP contribution in [0.3, 0.4) is 0 Å². The number of hydrogen-bond donors (Lipinski definition) is 0. The van der Waals surface area contributed by atoms with Crippen LogP contribution >= 0.6 is 11.3 Å². The third-order valence-corrected chi connectivity index (χ3v) is 6.41. The Morgan fingerprint density at radius 1 is 1.21 bits per heavy atom. The molecule has 1 amide bonds. The molecule has 4 rings (SSSR count). The summed E-state index contributed by atoms with van der Waals surface area (Å²) in [7, 11) is 3.29. The first kappa shape index (κ1) is 19.8. The fourth-order valence-corrected chi connectivity index (χ4v) is 5.11. The van der Waals surface area contributed by atoms with Crippen LogP contribution in [0.4, 0.5) is 0 Å². The molecular weight excluding hydrogens is 386 g/mol. The van der Waals surface area contributed by atoms with Gasteiger partial charge in [0.05, 0.1) is 26.3 Å². The number of thiazole rings is 1. The summed E-state index contributed by atoms with van der Waals surface area (Å²) in [4.78, 5) is 20.6.